The topological polar surface area (TPSA) is 46.2 Å². The maximum absolute atomic E-state index is 12.1. The van der Waals surface area contributed by atoms with Crippen LogP contribution in [0, 0.1) is 6.92 Å². The number of thiophene rings is 1. The monoisotopic (exact) mass is 345 g/mol. The average Bonchev–Trinajstić information content (AvgIpc) is 2.68. The number of benzene rings is 1. The molecule has 1 aromatic heterocycles. The van der Waals surface area contributed by atoms with Crippen molar-refractivity contribution in [1.82, 2.24) is 4.72 Å². The number of hydrogen-bond acceptors (Lipinski definition) is 3. The summed E-state index contributed by atoms with van der Waals surface area (Å²) in [5.74, 6) is 0. The van der Waals surface area contributed by atoms with Crippen LogP contribution in [-0.4, -0.2) is 8.42 Å². The molecule has 96 valence electrons. The zero-order valence-corrected chi connectivity index (χ0v) is 12.9. The molecule has 0 fully saturated rings. The molecule has 0 aliphatic rings. The molecule has 6 heteroatoms. The Kier molecular flexibility index (Phi) is 4.21. The second kappa shape index (κ2) is 5.52. The summed E-state index contributed by atoms with van der Waals surface area (Å²) < 4.78 is 27.7. The van der Waals surface area contributed by atoms with E-state index in [9.17, 15) is 8.42 Å². The van der Waals surface area contributed by atoms with E-state index in [1.807, 2.05) is 30.3 Å². The summed E-state index contributed by atoms with van der Waals surface area (Å²) in [7, 11) is -3.44. The molecular formula is C12H12BrNO2S2. The van der Waals surface area contributed by atoms with Gasteiger partial charge in [-0.1, -0.05) is 30.3 Å². The molecule has 0 aliphatic carbocycles. The van der Waals surface area contributed by atoms with E-state index < -0.39 is 10.0 Å². The second-order valence-electron chi connectivity index (χ2n) is 3.78. The first kappa shape index (κ1) is 13.7. The Hall–Kier alpha value is -0.690. The van der Waals surface area contributed by atoms with E-state index >= 15 is 0 Å². The fourth-order valence-electron chi connectivity index (χ4n) is 1.55. The van der Waals surface area contributed by atoms with Gasteiger partial charge in [-0.2, -0.15) is 0 Å². The van der Waals surface area contributed by atoms with E-state index in [0.717, 1.165) is 14.2 Å². The first-order valence-electron chi connectivity index (χ1n) is 5.28. The van der Waals surface area contributed by atoms with Gasteiger partial charge in [0.2, 0.25) is 10.0 Å². The van der Waals surface area contributed by atoms with Crippen LogP contribution in [0.2, 0.25) is 0 Å². The van der Waals surface area contributed by atoms with Crippen LogP contribution < -0.4 is 4.72 Å². The minimum atomic E-state index is -3.44. The molecule has 1 heterocycles. The van der Waals surface area contributed by atoms with Crippen LogP contribution >= 0.6 is 27.3 Å². The SMILES string of the molecule is Cc1sc(Br)cc1S(=O)(=O)NCc1ccccc1. The molecule has 0 aliphatic heterocycles. The van der Waals surface area contributed by atoms with Crippen molar-refractivity contribution in [2.45, 2.75) is 18.4 Å². The maximum Gasteiger partial charge on any atom is 0.242 e. The van der Waals surface area contributed by atoms with Gasteiger partial charge in [-0.15, -0.1) is 11.3 Å². The van der Waals surface area contributed by atoms with Crippen molar-refractivity contribution in [2.75, 3.05) is 0 Å². The average molecular weight is 346 g/mol. The third-order valence-corrected chi connectivity index (χ3v) is 5.65. The fourth-order valence-corrected chi connectivity index (χ4v) is 4.98. The lowest BCUT2D eigenvalue weighted by molar-refractivity contribution is 0.581. The molecule has 0 radical (unpaired) electrons. The van der Waals surface area contributed by atoms with E-state index in [-0.39, 0.29) is 0 Å². The van der Waals surface area contributed by atoms with Crippen molar-refractivity contribution in [3.63, 3.8) is 0 Å². The van der Waals surface area contributed by atoms with Crippen molar-refractivity contribution in [3.05, 3.63) is 50.6 Å². The quantitative estimate of drug-likeness (QED) is 0.923. The molecule has 1 N–H and O–H groups in total. The maximum atomic E-state index is 12.1. The minimum Gasteiger partial charge on any atom is -0.207 e. The summed E-state index contributed by atoms with van der Waals surface area (Å²) in [5.41, 5.74) is 0.938. The molecule has 0 bridgehead atoms. The summed E-state index contributed by atoms with van der Waals surface area (Å²) in [6.45, 7) is 2.10. The fraction of sp³-hybridized carbons (Fsp3) is 0.167. The highest BCUT2D eigenvalue weighted by Crippen LogP contribution is 2.29. The smallest absolute Gasteiger partial charge is 0.207 e. The molecule has 0 amide bonds. The second-order valence-corrected chi connectivity index (χ2v) is 8.15. The third-order valence-electron chi connectivity index (χ3n) is 2.44. The lowest BCUT2D eigenvalue weighted by atomic mass is 10.2. The lowest BCUT2D eigenvalue weighted by Crippen LogP contribution is -2.23. The summed E-state index contributed by atoms with van der Waals surface area (Å²) in [6, 6.07) is 11.1. The van der Waals surface area contributed by atoms with Gasteiger partial charge < -0.3 is 0 Å². The van der Waals surface area contributed by atoms with Crippen LogP contribution in [0.5, 0.6) is 0 Å². The molecule has 18 heavy (non-hydrogen) atoms. The Morgan fingerprint density at radius 2 is 1.94 bits per heavy atom. The van der Waals surface area contributed by atoms with Crippen LogP contribution in [0.3, 0.4) is 0 Å². The van der Waals surface area contributed by atoms with Gasteiger partial charge >= 0.3 is 0 Å². The first-order valence-corrected chi connectivity index (χ1v) is 8.38. The molecule has 3 nitrogen and oxygen atoms in total. The molecule has 1 aromatic carbocycles. The van der Waals surface area contributed by atoms with Crippen LogP contribution in [0.1, 0.15) is 10.4 Å². The molecule has 0 unspecified atom stereocenters. The molecular weight excluding hydrogens is 334 g/mol. The van der Waals surface area contributed by atoms with Crippen molar-refractivity contribution >= 4 is 37.3 Å². The Morgan fingerprint density at radius 1 is 1.28 bits per heavy atom. The van der Waals surface area contributed by atoms with Gasteiger partial charge in [-0.25, -0.2) is 13.1 Å². The van der Waals surface area contributed by atoms with Crippen molar-refractivity contribution in [1.29, 1.82) is 0 Å². The van der Waals surface area contributed by atoms with Gasteiger partial charge in [0.25, 0.3) is 0 Å². The van der Waals surface area contributed by atoms with Gasteiger partial charge in [-0.05, 0) is 34.5 Å². The standard InChI is InChI=1S/C12H12BrNO2S2/c1-9-11(7-12(13)17-9)18(15,16)14-8-10-5-3-2-4-6-10/h2-7,14H,8H2,1H3. The van der Waals surface area contributed by atoms with Crippen LogP contribution in [0.25, 0.3) is 0 Å². The highest BCUT2D eigenvalue weighted by Gasteiger charge is 2.18. The van der Waals surface area contributed by atoms with E-state index in [1.165, 1.54) is 11.3 Å². The number of sulfonamides is 1. The minimum absolute atomic E-state index is 0.302. The van der Waals surface area contributed by atoms with Gasteiger partial charge in [0, 0.05) is 11.4 Å². The highest BCUT2D eigenvalue weighted by atomic mass is 79.9. The zero-order chi connectivity index (χ0) is 13.2. The summed E-state index contributed by atoms with van der Waals surface area (Å²) in [6.07, 6.45) is 0. The Labute approximate surface area is 119 Å². The van der Waals surface area contributed by atoms with E-state index in [1.54, 1.807) is 13.0 Å². The summed E-state index contributed by atoms with van der Waals surface area (Å²) in [5, 5.41) is 0. The molecule has 2 rings (SSSR count). The number of halogens is 1. The van der Waals surface area contributed by atoms with E-state index in [4.69, 9.17) is 0 Å². The Balaban J connectivity index is 2.16. The predicted octanol–water partition coefficient (Wildman–Crippen LogP) is 3.30. The molecule has 0 atom stereocenters. The van der Waals surface area contributed by atoms with Crippen molar-refractivity contribution in [3.8, 4) is 0 Å². The van der Waals surface area contributed by atoms with Gasteiger partial charge in [0.15, 0.2) is 0 Å². The first-order chi connectivity index (χ1) is 8.49. The lowest BCUT2D eigenvalue weighted by Gasteiger charge is -2.06. The van der Waals surface area contributed by atoms with Crippen LogP contribution in [-0.2, 0) is 16.6 Å². The number of hydrogen-bond donors (Lipinski definition) is 1. The number of rotatable bonds is 4. The molecule has 0 saturated heterocycles. The van der Waals surface area contributed by atoms with E-state index in [0.29, 0.717) is 11.4 Å². The Morgan fingerprint density at radius 3 is 2.50 bits per heavy atom. The van der Waals surface area contributed by atoms with Crippen LogP contribution in [0.4, 0.5) is 0 Å². The number of nitrogens with one attached hydrogen (secondary N) is 1. The van der Waals surface area contributed by atoms with Gasteiger partial charge in [0.1, 0.15) is 0 Å². The van der Waals surface area contributed by atoms with Crippen molar-refractivity contribution < 1.29 is 8.42 Å². The highest BCUT2D eigenvalue weighted by molar-refractivity contribution is 9.11. The van der Waals surface area contributed by atoms with Crippen LogP contribution in [0.15, 0.2) is 45.1 Å². The van der Waals surface area contributed by atoms with E-state index in [2.05, 4.69) is 20.7 Å². The summed E-state index contributed by atoms with van der Waals surface area (Å²) in [4.78, 5) is 1.12. The third kappa shape index (κ3) is 3.20. The van der Waals surface area contributed by atoms with Gasteiger partial charge in [-0.3, -0.25) is 0 Å². The largest absolute Gasteiger partial charge is 0.242 e. The normalized spacial score (nSPS) is 11.7. The molecule has 0 spiro atoms. The van der Waals surface area contributed by atoms with Gasteiger partial charge in [0.05, 0.1) is 8.68 Å². The summed E-state index contributed by atoms with van der Waals surface area (Å²) >= 11 is 4.71. The van der Waals surface area contributed by atoms with Crippen molar-refractivity contribution in [2.24, 2.45) is 0 Å². The number of aryl methyl sites for hydroxylation is 1. The zero-order valence-electron chi connectivity index (χ0n) is 9.68. The molecule has 2 aromatic rings. The predicted molar refractivity (Wildman–Crippen MR) is 77.2 cm³/mol. The Bertz CT molecular complexity index is 635. The molecule has 0 saturated carbocycles.